The highest BCUT2D eigenvalue weighted by Crippen LogP contribution is 2.35. The van der Waals surface area contributed by atoms with Crippen molar-refractivity contribution < 1.29 is 24.6 Å². The Bertz CT molecular complexity index is 1470. The number of hydrogen-bond acceptors (Lipinski definition) is 8. The first-order chi connectivity index (χ1) is 21.7. The van der Waals surface area contributed by atoms with E-state index >= 15 is 0 Å². The van der Waals surface area contributed by atoms with Gasteiger partial charge in [0, 0.05) is 48.0 Å². The molecule has 5 N–H and O–H groups in total. The maximum Gasteiger partial charge on any atom is 0.256 e. The standard InChI is InChI=1S/C34H42N4O5S2/c1-4-36-32(42)29-8-6-5-7-28(29)24-11-9-23(10-12-24)19-38-20-25-13-14-27(44-3)16-30(25)45-33(34(38)43)37-31(41)15-22(2)17-35-18-26(40)21-39/h5-14,16,22,26,33,35,39-40H,4,15,17-21H2,1-3H3,(H,36,42)(H,37,41)/t22?,26-,33+/m0/s1. The SMILES string of the molecule is CCNC(=O)c1ccccc1-c1ccc(CN2Cc3ccc(SC)cc3S[C@@H](NC(=O)CC(C)CNC[C@H](O)CO)C2=O)cc1. The van der Waals surface area contributed by atoms with Crippen molar-refractivity contribution in [1.29, 1.82) is 0 Å². The zero-order valence-corrected chi connectivity index (χ0v) is 27.5. The van der Waals surface area contributed by atoms with Crippen LogP contribution >= 0.6 is 23.5 Å². The maximum absolute atomic E-state index is 13.9. The number of thioether (sulfide) groups is 2. The highest BCUT2D eigenvalue weighted by molar-refractivity contribution is 8.01. The van der Waals surface area contributed by atoms with E-state index in [2.05, 4.69) is 34.1 Å². The summed E-state index contributed by atoms with van der Waals surface area (Å²) in [6.07, 6.45) is 1.37. The molecule has 0 saturated carbocycles. The molecule has 1 aliphatic rings. The number of carbonyl (C=O) groups excluding carboxylic acids is 3. The van der Waals surface area contributed by atoms with Gasteiger partial charge in [-0.3, -0.25) is 14.4 Å². The largest absolute Gasteiger partial charge is 0.394 e. The van der Waals surface area contributed by atoms with Gasteiger partial charge in [0.05, 0.1) is 12.7 Å². The Morgan fingerprint density at radius 2 is 1.84 bits per heavy atom. The third kappa shape index (κ3) is 9.57. The van der Waals surface area contributed by atoms with Crippen LogP contribution in [0.1, 0.15) is 41.8 Å². The second-order valence-electron chi connectivity index (χ2n) is 11.1. The summed E-state index contributed by atoms with van der Waals surface area (Å²) in [4.78, 5) is 43.4. The smallest absolute Gasteiger partial charge is 0.256 e. The molecule has 3 aromatic rings. The lowest BCUT2D eigenvalue weighted by Gasteiger charge is -2.25. The van der Waals surface area contributed by atoms with E-state index in [4.69, 9.17) is 5.11 Å². The molecule has 11 heteroatoms. The van der Waals surface area contributed by atoms with Crippen molar-refractivity contribution in [2.45, 2.75) is 54.6 Å². The minimum Gasteiger partial charge on any atom is -0.394 e. The third-order valence-corrected chi connectivity index (χ3v) is 9.39. The van der Waals surface area contributed by atoms with Crippen molar-refractivity contribution >= 4 is 41.2 Å². The number of benzene rings is 3. The van der Waals surface area contributed by atoms with E-state index in [9.17, 15) is 19.5 Å². The normalized spacial score (nSPS) is 16.0. The number of aliphatic hydroxyl groups is 2. The number of nitrogens with one attached hydrogen (secondary N) is 3. The minimum atomic E-state index is -0.845. The van der Waals surface area contributed by atoms with Crippen LogP contribution in [0.2, 0.25) is 0 Å². The summed E-state index contributed by atoms with van der Waals surface area (Å²) >= 11 is 2.99. The summed E-state index contributed by atoms with van der Waals surface area (Å²) in [5, 5.41) is 26.6. The molecule has 0 radical (unpaired) electrons. The summed E-state index contributed by atoms with van der Waals surface area (Å²) in [5.74, 6) is -0.549. The number of amides is 3. The van der Waals surface area contributed by atoms with Crippen LogP contribution in [0.5, 0.6) is 0 Å². The Hall–Kier alpha value is -3.35. The number of carbonyl (C=O) groups is 3. The lowest BCUT2D eigenvalue weighted by molar-refractivity contribution is -0.135. The molecule has 3 atom stereocenters. The second kappa shape index (κ2) is 16.8. The van der Waals surface area contributed by atoms with Crippen molar-refractivity contribution in [3.63, 3.8) is 0 Å². The first-order valence-corrected chi connectivity index (χ1v) is 17.2. The molecule has 240 valence electrons. The molecular weight excluding hydrogens is 609 g/mol. The van der Waals surface area contributed by atoms with Crippen LogP contribution in [0.3, 0.4) is 0 Å². The van der Waals surface area contributed by atoms with Crippen molar-refractivity contribution in [3.8, 4) is 11.1 Å². The molecule has 3 aromatic carbocycles. The van der Waals surface area contributed by atoms with E-state index in [1.165, 1.54) is 11.8 Å². The van der Waals surface area contributed by atoms with Gasteiger partial charge in [0.2, 0.25) is 5.91 Å². The monoisotopic (exact) mass is 650 g/mol. The number of rotatable bonds is 14. The van der Waals surface area contributed by atoms with Crippen molar-refractivity contribution in [3.05, 3.63) is 83.4 Å². The van der Waals surface area contributed by atoms with E-state index in [1.54, 1.807) is 16.7 Å². The summed E-state index contributed by atoms with van der Waals surface area (Å²) in [6, 6.07) is 21.6. The van der Waals surface area contributed by atoms with Gasteiger partial charge >= 0.3 is 0 Å². The molecule has 0 fully saturated rings. The van der Waals surface area contributed by atoms with Crippen molar-refractivity contribution in [2.75, 3.05) is 32.5 Å². The lowest BCUT2D eigenvalue weighted by atomic mass is 9.98. The Balaban J connectivity index is 1.50. The van der Waals surface area contributed by atoms with Gasteiger partial charge in [0.15, 0.2) is 5.37 Å². The van der Waals surface area contributed by atoms with E-state index < -0.39 is 11.5 Å². The predicted molar refractivity (Wildman–Crippen MR) is 180 cm³/mol. The van der Waals surface area contributed by atoms with Gasteiger partial charge in [-0.05, 0) is 66.1 Å². The molecule has 1 unspecified atom stereocenters. The summed E-state index contributed by atoms with van der Waals surface area (Å²) in [7, 11) is 0. The molecule has 45 heavy (non-hydrogen) atoms. The molecule has 0 saturated heterocycles. The van der Waals surface area contributed by atoms with Crippen LogP contribution in [0, 0.1) is 5.92 Å². The molecule has 1 heterocycles. The Labute approximate surface area is 273 Å². The first kappa shape index (κ1) is 34.5. The van der Waals surface area contributed by atoms with Crippen LogP contribution in [0.15, 0.2) is 76.5 Å². The third-order valence-electron chi connectivity index (χ3n) is 7.47. The number of aliphatic hydroxyl groups excluding tert-OH is 2. The highest BCUT2D eigenvalue weighted by Gasteiger charge is 2.32. The highest BCUT2D eigenvalue weighted by atomic mass is 32.2. The zero-order chi connectivity index (χ0) is 32.3. The summed E-state index contributed by atoms with van der Waals surface area (Å²) in [6.45, 7) is 5.54. The number of hydrogen-bond donors (Lipinski definition) is 5. The molecule has 9 nitrogen and oxygen atoms in total. The average molecular weight is 651 g/mol. The van der Waals surface area contributed by atoms with Crippen molar-refractivity contribution in [1.82, 2.24) is 20.9 Å². The number of fused-ring (bicyclic) bond motifs is 1. The molecular formula is C34H42N4O5S2. The quantitative estimate of drug-likeness (QED) is 0.166. The van der Waals surface area contributed by atoms with E-state index in [0.29, 0.717) is 31.7 Å². The van der Waals surface area contributed by atoms with Gasteiger partial charge in [-0.15, -0.1) is 11.8 Å². The van der Waals surface area contributed by atoms with Crippen LogP contribution in [-0.2, 0) is 22.7 Å². The van der Waals surface area contributed by atoms with Gasteiger partial charge in [0.25, 0.3) is 11.8 Å². The summed E-state index contributed by atoms with van der Waals surface area (Å²) in [5.41, 5.74) is 4.32. The second-order valence-corrected chi connectivity index (χ2v) is 13.2. The topological polar surface area (TPSA) is 131 Å². The molecule has 0 spiro atoms. The predicted octanol–water partition coefficient (Wildman–Crippen LogP) is 3.87. The number of nitrogens with zero attached hydrogens (tertiary/aromatic N) is 1. The van der Waals surface area contributed by atoms with Crippen LogP contribution in [0.25, 0.3) is 11.1 Å². The van der Waals surface area contributed by atoms with E-state index in [1.807, 2.05) is 68.6 Å². The van der Waals surface area contributed by atoms with E-state index in [-0.39, 0.29) is 43.2 Å². The molecule has 4 rings (SSSR count). The van der Waals surface area contributed by atoms with Crippen LogP contribution in [-0.4, -0.2) is 76.8 Å². The Kier molecular flexibility index (Phi) is 12.9. The molecule has 1 aliphatic heterocycles. The van der Waals surface area contributed by atoms with E-state index in [0.717, 1.165) is 32.0 Å². The molecule has 0 aromatic heterocycles. The summed E-state index contributed by atoms with van der Waals surface area (Å²) < 4.78 is 0. The molecule has 0 aliphatic carbocycles. The molecule has 0 bridgehead atoms. The Morgan fingerprint density at radius 1 is 1.09 bits per heavy atom. The Morgan fingerprint density at radius 3 is 2.56 bits per heavy atom. The maximum atomic E-state index is 13.9. The van der Waals surface area contributed by atoms with Crippen LogP contribution in [0.4, 0.5) is 0 Å². The molecule has 3 amide bonds. The fourth-order valence-electron chi connectivity index (χ4n) is 5.11. The average Bonchev–Trinajstić information content (AvgIpc) is 3.16. The lowest BCUT2D eigenvalue weighted by Crippen LogP contribution is -2.45. The van der Waals surface area contributed by atoms with Crippen molar-refractivity contribution in [2.24, 2.45) is 5.92 Å². The first-order valence-electron chi connectivity index (χ1n) is 15.1. The zero-order valence-electron chi connectivity index (χ0n) is 25.9. The minimum absolute atomic E-state index is 0.0371. The van der Waals surface area contributed by atoms with Gasteiger partial charge in [-0.1, -0.05) is 67.2 Å². The fourth-order valence-corrected chi connectivity index (χ4v) is 6.79. The van der Waals surface area contributed by atoms with Gasteiger partial charge in [-0.2, -0.15) is 0 Å². The van der Waals surface area contributed by atoms with Gasteiger partial charge in [-0.25, -0.2) is 0 Å². The van der Waals surface area contributed by atoms with Gasteiger partial charge < -0.3 is 31.1 Å². The fraction of sp³-hybridized carbons (Fsp3) is 0.382. The van der Waals surface area contributed by atoms with Gasteiger partial charge in [0.1, 0.15) is 0 Å². The van der Waals surface area contributed by atoms with Crippen LogP contribution < -0.4 is 16.0 Å².